The molecule has 5 nitrogen and oxygen atoms in total. The van der Waals surface area contributed by atoms with Gasteiger partial charge in [-0.3, -0.25) is 9.59 Å². The Morgan fingerprint density at radius 2 is 2.04 bits per heavy atom. The molecule has 6 heteroatoms. The summed E-state index contributed by atoms with van der Waals surface area (Å²) in [5.41, 5.74) is 2.60. The van der Waals surface area contributed by atoms with Crippen LogP contribution in [-0.2, 0) is 16.0 Å². The maximum absolute atomic E-state index is 13.6. The topological polar surface area (TPSA) is 65.2 Å². The predicted molar refractivity (Wildman–Crippen MR) is 104 cm³/mol. The van der Waals surface area contributed by atoms with Crippen molar-refractivity contribution in [1.29, 1.82) is 0 Å². The van der Waals surface area contributed by atoms with E-state index in [4.69, 9.17) is 0 Å². The number of carbonyl (C=O) groups is 2. The van der Waals surface area contributed by atoms with Crippen LogP contribution in [0.25, 0.3) is 10.9 Å². The van der Waals surface area contributed by atoms with Crippen LogP contribution in [0.4, 0.5) is 4.39 Å². The van der Waals surface area contributed by atoms with E-state index < -0.39 is 0 Å². The van der Waals surface area contributed by atoms with Crippen LogP contribution in [0, 0.1) is 18.7 Å². The Labute approximate surface area is 159 Å². The fourth-order valence-corrected chi connectivity index (χ4v) is 3.77. The molecule has 2 heterocycles. The molecule has 0 bridgehead atoms. The first-order valence-electron chi connectivity index (χ1n) is 9.81. The van der Waals surface area contributed by atoms with Crippen molar-refractivity contribution in [2.45, 2.75) is 46.0 Å². The number of hydrogen-bond acceptors (Lipinski definition) is 2. The second-order valence-corrected chi connectivity index (χ2v) is 7.39. The minimum atomic E-state index is -0.301. The second kappa shape index (κ2) is 8.55. The Bertz CT molecular complexity index is 822. The third-order valence-electron chi connectivity index (χ3n) is 5.46. The van der Waals surface area contributed by atoms with E-state index in [1.807, 2.05) is 11.8 Å². The smallest absolute Gasteiger partial charge is 0.227 e. The molecule has 0 saturated carbocycles. The molecule has 3 rings (SSSR count). The summed E-state index contributed by atoms with van der Waals surface area (Å²) >= 11 is 0. The summed E-state index contributed by atoms with van der Waals surface area (Å²) in [4.78, 5) is 30.0. The minimum absolute atomic E-state index is 0.00479. The van der Waals surface area contributed by atoms with Gasteiger partial charge >= 0.3 is 0 Å². The third-order valence-corrected chi connectivity index (χ3v) is 5.46. The maximum atomic E-state index is 13.6. The van der Waals surface area contributed by atoms with Crippen molar-refractivity contribution in [3.05, 3.63) is 35.3 Å². The Morgan fingerprint density at radius 1 is 1.30 bits per heavy atom. The normalized spacial score (nSPS) is 15.3. The zero-order chi connectivity index (χ0) is 19.4. The molecule has 2 amide bonds. The summed E-state index contributed by atoms with van der Waals surface area (Å²) < 4.78 is 13.6. The quantitative estimate of drug-likeness (QED) is 0.763. The molecule has 1 aromatic carbocycles. The highest BCUT2D eigenvalue weighted by Crippen LogP contribution is 2.25. The van der Waals surface area contributed by atoms with Crippen molar-refractivity contribution in [3.63, 3.8) is 0 Å². The number of unbranched alkanes of at least 4 members (excludes halogenated alkanes) is 1. The number of benzene rings is 1. The first-order chi connectivity index (χ1) is 13.0. The molecule has 1 aliphatic heterocycles. The number of nitrogens with one attached hydrogen (secondary N) is 2. The number of hydrogen-bond donors (Lipinski definition) is 2. The summed E-state index contributed by atoms with van der Waals surface area (Å²) in [7, 11) is 0. The number of carbonyl (C=O) groups excluding carboxylic acids is 2. The number of likely N-dealkylation sites (tertiary alicyclic amines) is 1. The van der Waals surface area contributed by atoms with E-state index in [-0.39, 0.29) is 30.0 Å². The number of amides is 2. The highest BCUT2D eigenvalue weighted by atomic mass is 19.1. The van der Waals surface area contributed by atoms with E-state index in [2.05, 4.69) is 17.2 Å². The maximum Gasteiger partial charge on any atom is 0.227 e. The van der Waals surface area contributed by atoms with Crippen LogP contribution < -0.4 is 5.32 Å². The third kappa shape index (κ3) is 4.49. The fourth-order valence-electron chi connectivity index (χ4n) is 3.77. The lowest BCUT2D eigenvalue weighted by Crippen LogP contribution is -2.43. The number of nitrogens with zero attached hydrogens (tertiary/aromatic N) is 1. The van der Waals surface area contributed by atoms with E-state index in [1.165, 1.54) is 12.1 Å². The van der Waals surface area contributed by atoms with Gasteiger partial charge in [0.05, 0.1) is 6.42 Å². The highest BCUT2D eigenvalue weighted by Gasteiger charge is 2.27. The second-order valence-electron chi connectivity index (χ2n) is 7.39. The van der Waals surface area contributed by atoms with Crippen molar-refractivity contribution in [2.24, 2.45) is 5.92 Å². The molecule has 1 aliphatic rings. The number of H-pyrrole nitrogens is 1. The van der Waals surface area contributed by atoms with Crippen molar-refractivity contribution in [2.75, 3.05) is 19.6 Å². The van der Waals surface area contributed by atoms with Gasteiger partial charge in [0.25, 0.3) is 0 Å². The number of aromatic nitrogens is 1. The van der Waals surface area contributed by atoms with Gasteiger partial charge in [0.1, 0.15) is 5.82 Å². The Balaban J connectivity index is 1.58. The van der Waals surface area contributed by atoms with E-state index in [0.717, 1.165) is 41.5 Å². The Kier molecular flexibility index (Phi) is 6.14. The van der Waals surface area contributed by atoms with Gasteiger partial charge in [-0.15, -0.1) is 0 Å². The van der Waals surface area contributed by atoms with Crippen molar-refractivity contribution in [3.8, 4) is 0 Å². The molecule has 0 atom stereocenters. The monoisotopic (exact) mass is 373 g/mol. The lowest BCUT2D eigenvalue weighted by Gasteiger charge is -2.31. The Hall–Kier alpha value is -2.37. The number of fused-ring (bicyclic) bond motifs is 1. The molecule has 0 spiro atoms. The van der Waals surface area contributed by atoms with Gasteiger partial charge in [0.15, 0.2) is 0 Å². The summed E-state index contributed by atoms with van der Waals surface area (Å²) in [6.45, 7) is 5.93. The summed E-state index contributed by atoms with van der Waals surface area (Å²) in [5, 5.41) is 3.75. The number of halogens is 1. The number of aryl methyl sites for hydroxylation is 1. The van der Waals surface area contributed by atoms with Crippen molar-refractivity contribution < 1.29 is 14.0 Å². The van der Waals surface area contributed by atoms with Crippen molar-refractivity contribution >= 4 is 22.7 Å². The van der Waals surface area contributed by atoms with E-state index >= 15 is 0 Å². The summed E-state index contributed by atoms with van der Waals surface area (Å²) in [6, 6.07) is 4.60. The van der Waals surface area contributed by atoms with Crippen LogP contribution in [0.2, 0.25) is 0 Å². The molecular formula is C21H28FN3O2. The predicted octanol–water partition coefficient (Wildman–Crippen LogP) is 3.31. The number of rotatable bonds is 6. The molecule has 0 unspecified atom stereocenters. The van der Waals surface area contributed by atoms with Crippen LogP contribution in [0.15, 0.2) is 18.2 Å². The van der Waals surface area contributed by atoms with Crippen LogP contribution >= 0.6 is 0 Å². The average molecular weight is 373 g/mol. The standard InChI is InChI=1S/C21H28FN3O2/c1-3-4-9-23-21(27)15-7-10-25(11-8-15)20(26)13-17-14(2)24-19-6-5-16(22)12-18(17)19/h5-6,12,15,24H,3-4,7-11,13H2,1-2H3,(H,23,27). The SMILES string of the molecule is CCCCNC(=O)C1CCN(C(=O)Cc2c(C)[nH]c3ccc(F)cc23)CC1. The van der Waals surface area contributed by atoms with Gasteiger partial charge in [-0.05, 0) is 49.9 Å². The van der Waals surface area contributed by atoms with Crippen LogP contribution in [-0.4, -0.2) is 41.3 Å². The molecule has 146 valence electrons. The zero-order valence-electron chi connectivity index (χ0n) is 16.1. The molecule has 1 saturated heterocycles. The number of aromatic amines is 1. The first-order valence-corrected chi connectivity index (χ1v) is 9.81. The lowest BCUT2D eigenvalue weighted by atomic mass is 9.95. The van der Waals surface area contributed by atoms with Gasteiger partial charge in [-0.25, -0.2) is 4.39 Å². The molecular weight excluding hydrogens is 345 g/mol. The zero-order valence-corrected chi connectivity index (χ0v) is 16.1. The van der Waals surface area contributed by atoms with Gasteiger partial charge in [0, 0.05) is 42.1 Å². The lowest BCUT2D eigenvalue weighted by molar-refractivity contribution is -0.135. The van der Waals surface area contributed by atoms with Crippen molar-refractivity contribution in [1.82, 2.24) is 15.2 Å². The molecule has 27 heavy (non-hydrogen) atoms. The average Bonchev–Trinajstić information content (AvgIpc) is 2.97. The van der Waals surface area contributed by atoms with Crippen LogP contribution in [0.3, 0.4) is 0 Å². The van der Waals surface area contributed by atoms with Crippen LogP contribution in [0.5, 0.6) is 0 Å². The molecule has 0 aliphatic carbocycles. The van der Waals surface area contributed by atoms with Gasteiger partial charge < -0.3 is 15.2 Å². The molecule has 2 N–H and O–H groups in total. The van der Waals surface area contributed by atoms with E-state index in [1.54, 1.807) is 6.07 Å². The van der Waals surface area contributed by atoms with Gasteiger partial charge in [-0.2, -0.15) is 0 Å². The minimum Gasteiger partial charge on any atom is -0.358 e. The van der Waals surface area contributed by atoms with Gasteiger partial charge in [0.2, 0.25) is 11.8 Å². The number of piperidine rings is 1. The van der Waals surface area contributed by atoms with Crippen LogP contribution in [0.1, 0.15) is 43.9 Å². The van der Waals surface area contributed by atoms with Gasteiger partial charge in [-0.1, -0.05) is 13.3 Å². The molecule has 1 aromatic heterocycles. The molecule has 2 aromatic rings. The summed E-state index contributed by atoms with van der Waals surface area (Å²) in [6.07, 6.45) is 3.71. The molecule has 0 radical (unpaired) electrons. The Morgan fingerprint density at radius 3 is 2.74 bits per heavy atom. The highest BCUT2D eigenvalue weighted by molar-refractivity contribution is 5.90. The largest absolute Gasteiger partial charge is 0.358 e. The van der Waals surface area contributed by atoms with E-state index in [9.17, 15) is 14.0 Å². The van der Waals surface area contributed by atoms with E-state index in [0.29, 0.717) is 25.9 Å². The molecule has 1 fully saturated rings. The first kappa shape index (κ1) is 19.4. The summed E-state index contributed by atoms with van der Waals surface area (Å²) in [5.74, 6) is -0.161. The fraction of sp³-hybridized carbons (Fsp3) is 0.524.